The third kappa shape index (κ3) is 4.17. The third-order valence-electron chi connectivity index (χ3n) is 5.63. The van der Waals surface area contributed by atoms with Gasteiger partial charge in [-0.2, -0.15) is 0 Å². The average molecular weight is 420 g/mol. The number of ketones is 1. The molecule has 0 saturated heterocycles. The van der Waals surface area contributed by atoms with E-state index in [-0.39, 0.29) is 18.1 Å². The SMILES string of the molecule is COc1ccc(-c2cc([N+](=O)[O-])ccc2OCC(=O)c2cc(C)n(C3CC3)c2C)cc1. The highest BCUT2D eigenvalue weighted by atomic mass is 16.6. The number of benzene rings is 2. The summed E-state index contributed by atoms with van der Waals surface area (Å²) in [4.78, 5) is 23.7. The van der Waals surface area contributed by atoms with Crippen molar-refractivity contribution >= 4 is 11.5 Å². The Kier molecular flexibility index (Phi) is 5.50. The smallest absolute Gasteiger partial charge is 0.270 e. The Bertz CT molecular complexity index is 1140. The van der Waals surface area contributed by atoms with E-state index in [9.17, 15) is 14.9 Å². The van der Waals surface area contributed by atoms with Crippen LogP contribution in [0.15, 0.2) is 48.5 Å². The zero-order chi connectivity index (χ0) is 22.1. The predicted octanol–water partition coefficient (Wildman–Crippen LogP) is 5.29. The first kappa shape index (κ1) is 20.7. The van der Waals surface area contributed by atoms with Crippen LogP contribution in [0.4, 0.5) is 5.69 Å². The number of Topliss-reactive ketones (excluding diaryl/α,β-unsaturated/α-hetero) is 1. The van der Waals surface area contributed by atoms with E-state index >= 15 is 0 Å². The Balaban J connectivity index is 1.60. The molecule has 0 bridgehead atoms. The molecule has 1 aliphatic carbocycles. The molecule has 1 aliphatic rings. The molecule has 4 rings (SSSR count). The van der Waals surface area contributed by atoms with Crippen LogP contribution in [0.25, 0.3) is 11.1 Å². The van der Waals surface area contributed by atoms with Gasteiger partial charge in [0.05, 0.1) is 12.0 Å². The zero-order valence-electron chi connectivity index (χ0n) is 17.8. The molecule has 2 aromatic carbocycles. The second-order valence-corrected chi connectivity index (χ2v) is 7.76. The van der Waals surface area contributed by atoms with Gasteiger partial charge in [0.25, 0.3) is 5.69 Å². The highest BCUT2D eigenvalue weighted by Gasteiger charge is 2.28. The van der Waals surface area contributed by atoms with Crippen LogP contribution in [-0.4, -0.2) is 29.0 Å². The summed E-state index contributed by atoms with van der Waals surface area (Å²) in [5.74, 6) is 0.983. The predicted molar refractivity (Wildman–Crippen MR) is 117 cm³/mol. The van der Waals surface area contributed by atoms with Crippen LogP contribution in [0.3, 0.4) is 0 Å². The number of non-ortho nitro benzene ring substituents is 1. The molecule has 1 aromatic heterocycles. The molecule has 1 fully saturated rings. The number of hydrogen-bond donors (Lipinski definition) is 0. The van der Waals surface area contributed by atoms with Gasteiger partial charge in [-0.05, 0) is 56.5 Å². The monoisotopic (exact) mass is 420 g/mol. The summed E-state index contributed by atoms with van der Waals surface area (Å²) in [5, 5.41) is 11.3. The molecule has 1 heterocycles. The van der Waals surface area contributed by atoms with E-state index in [2.05, 4.69) is 4.57 Å². The van der Waals surface area contributed by atoms with E-state index in [1.807, 2.05) is 19.9 Å². The number of methoxy groups -OCH3 is 1. The van der Waals surface area contributed by atoms with E-state index in [1.165, 1.54) is 12.1 Å². The molecule has 31 heavy (non-hydrogen) atoms. The van der Waals surface area contributed by atoms with Gasteiger partial charge < -0.3 is 14.0 Å². The molecule has 0 spiro atoms. The number of nitrogens with zero attached hydrogens (tertiary/aromatic N) is 2. The lowest BCUT2D eigenvalue weighted by atomic mass is 10.0. The zero-order valence-corrected chi connectivity index (χ0v) is 17.8. The normalized spacial score (nSPS) is 13.1. The minimum Gasteiger partial charge on any atom is -0.497 e. The largest absolute Gasteiger partial charge is 0.497 e. The molecule has 7 heteroatoms. The van der Waals surface area contributed by atoms with Crippen molar-refractivity contribution in [1.82, 2.24) is 4.57 Å². The van der Waals surface area contributed by atoms with Crippen molar-refractivity contribution in [1.29, 1.82) is 0 Å². The fourth-order valence-corrected chi connectivity index (χ4v) is 3.93. The highest BCUT2D eigenvalue weighted by Crippen LogP contribution is 2.39. The number of rotatable bonds is 8. The molecule has 0 atom stereocenters. The molecular formula is C24H24N2O5. The van der Waals surface area contributed by atoms with Crippen molar-refractivity contribution in [2.45, 2.75) is 32.7 Å². The third-order valence-corrected chi connectivity index (χ3v) is 5.63. The molecule has 160 valence electrons. The molecule has 7 nitrogen and oxygen atoms in total. The number of aryl methyl sites for hydroxylation is 1. The van der Waals surface area contributed by atoms with E-state index in [0.29, 0.717) is 28.7 Å². The molecule has 0 N–H and O–H groups in total. The number of nitro groups is 1. The van der Waals surface area contributed by atoms with Crippen molar-refractivity contribution in [3.63, 3.8) is 0 Å². The van der Waals surface area contributed by atoms with E-state index in [4.69, 9.17) is 9.47 Å². The summed E-state index contributed by atoms with van der Waals surface area (Å²) in [6.45, 7) is 3.84. The van der Waals surface area contributed by atoms with Gasteiger partial charge in [-0.25, -0.2) is 0 Å². The van der Waals surface area contributed by atoms with Crippen molar-refractivity contribution < 1.29 is 19.2 Å². The molecule has 0 aliphatic heterocycles. The van der Waals surface area contributed by atoms with Gasteiger partial charge in [0.15, 0.2) is 6.61 Å². The molecular weight excluding hydrogens is 396 g/mol. The van der Waals surface area contributed by atoms with Crippen LogP contribution >= 0.6 is 0 Å². The van der Waals surface area contributed by atoms with Crippen molar-refractivity contribution in [3.8, 4) is 22.6 Å². The Morgan fingerprint density at radius 3 is 2.45 bits per heavy atom. The summed E-state index contributed by atoms with van der Waals surface area (Å²) in [5.41, 5.74) is 3.95. The maximum Gasteiger partial charge on any atom is 0.270 e. The molecule has 0 amide bonds. The van der Waals surface area contributed by atoms with Crippen molar-refractivity contribution in [3.05, 3.63) is 75.6 Å². The fraction of sp³-hybridized carbons (Fsp3) is 0.292. The Hall–Kier alpha value is -3.61. The number of ether oxygens (including phenoxy) is 2. The summed E-state index contributed by atoms with van der Waals surface area (Å²) >= 11 is 0. The first-order valence-electron chi connectivity index (χ1n) is 10.2. The van der Waals surface area contributed by atoms with Crippen molar-refractivity contribution in [2.24, 2.45) is 0 Å². The fourth-order valence-electron chi connectivity index (χ4n) is 3.93. The summed E-state index contributed by atoms with van der Waals surface area (Å²) in [7, 11) is 1.57. The van der Waals surface area contributed by atoms with E-state index in [0.717, 1.165) is 29.8 Å². The van der Waals surface area contributed by atoms with Crippen LogP contribution in [0, 0.1) is 24.0 Å². The highest BCUT2D eigenvalue weighted by molar-refractivity contribution is 5.98. The average Bonchev–Trinajstić information content (AvgIpc) is 3.56. The lowest BCUT2D eigenvalue weighted by molar-refractivity contribution is -0.384. The number of aromatic nitrogens is 1. The number of carbonyl (C=O) groups excluding carboxylic acids is 1. The van der Waals surface area contributed by atoms with Gasteiger partial charge >= 0.3 is 0 Å². The summed E-state index contributed by atoms with van der Waals surface area (Å²) in [6, 6.07) is 13.9. The van der Waals surface area contributed by atoms with Gasteiger partial charge in [0.2, 0.25) is 5.78 Å². The van der Waals surface area contributed by atoms with E-state index in [1.54, 1.807) is 37.4 Å². The molecule has 0 unspecified atom stereocenters. The minimum absolute atomic E-state index is 0.0440. The Labute approximate surface area is 180 Å². The topological polar surface area (TPSA) is 83.6 Å². The lowest BCUT2D eigenvalue weighted by Crippen LogP contribution is -2.13. The number of carbonyl (C=O) groups is 1. The standard InChI is InChI=1S/C24H24N2O5/c1-15-12-21(16(2)25(15)18-6-7-18)23(27)14-31-24-11-8-19(26(28)29)13-22(24)17-4-9-20(30-3)10-5-17/h4-5,8-13,18H,6-7,14H2,1-3H3. The first-order chi connectivity index (χ1) is 14.9. The second-order valence-electron chi connectivity index (χ2n) is 7.76. The molecule has 0 radical (unpaired) electrons. The first-order valence-corrected chi connectivity index (χ1v) is 10.2. The van der Waals surface area contributed by atoms with Crippen LogP contribution in [0.1, 0.15) is 40.6 Å². The molecule has 3 aromatic rings. The summed E-state index contributed by atoms with van der Waals surface area (Å²) in [6.07, 6.45) is 2.29. The van der Waals surface area contributed by atoms with Crippen molar-refractivity contribution in [2.75, 3.05) is 13.7 Å². The Morgan fingerprint density at radius 2 is 1.84 bits per heavy atom. The van der Waals surface area contributed by atoms with Gasteiger partial charge in [-0.1, -0.05) is 12.1 Å². The van der Waals surface area contributed by atoms with Gasteiger partial charge in [0, 0.05) is 40.7 Å². The second kappa shape index (κ2) is 8.26. The quantitative estimate of drug-likeness (QED) is 0.281. The minimum atomic E-state index is -0.450. The van der Waals surface area contributed by atoms with Crippen LogP contribution in [-0.2, 0) is 0 Å². The summed E-state index contributed by atoms with van der Waals surface area (Å²) < 4.78 is 13.3. The lowest BCUT2D eigenvalue weighted by Gasteiger charge is -2.12. The maximum atomic E-state index is 12.9. The Morgan fingerprint density at radius 1 is 1.13 bits per heavy atom. The maximum absolute atomic E-state index is 12.9. The van der Waals surface area contributed by atoms with Crippen LogP contribution in [0.2, 0.25) is 0 Å². The van der Waals surface area contributed by atoms with Crippen LogP contribution < -0.4 is 9.47 Å². The number of hydrogen-bond acceptors (Lipinski definition) is 5. The van der Waals surface area contributed by atoms with Crippen LogP contribution in [0.5, 0.6) is 11.5 Å². The van der Waals surface area contributed by atoms with E-state index < -0.39 is 4.92 Å². The van der Waals surface area contributed by atoms with Gasteiger partial charge in [0.1, 0.15) is 11.5 Å². The molecule has 1 saturated carbocycles. The van der Waals surface area contributed by atoms with Gasteiger partial charge in [-0.15, -0.1) is 0 Å². The van der Waals surface area contributed by atoms with Gasteiger partial charge in [-0.3, -0.25) is 14.9 Å². The number of nitro benzene ring substituents is 1.